The second kappa shape index (κ2) is 4.47. The number of halogens is 1. The highest BCUT2D eigenvalue weighted by Crippen LogP contribution is 2.37. The molecule has 0 radical (unpaired) electrons. The summed E-state index contributed by atoms with van der Waals surface area (Å²) in [4.78, 5) is 0.724. The van der Waals surface area contributed by atoms with Gasteiger partial charge in [0.15, 0.2) is 0 Å². The van der Waals surface area contributed by atoms with Gasteiger partial charge in [0.2, 0.25) is 0 Å². The fourth-order valence-electron chi connectivity index (χ4n) is 2.17. The van der Waals surface area contributed by atoms with E-state index in [0.717, 1.165) is 23.7 Å². The van der Waals surface area contributed by atoms with Gasteiger partial charge >= 0.3 is 0 Å². The van der Waals surface area contributed by atoms with Gasteiger partial charge in [0.05, 0.1) is 6.20 Å². The van der Waals surface area contributed by atoms with Crippen LogP contribution in [0.5, 0.6) is 0 Å². The van der Waals surface area contributed by atoms with Crippen molar-refractivity contribution in [2.45, 2.75) is 49.9 Å². The van der Waals surface area contributed by atoms with E-state index in [4.69, 9.17) is 0 Å². The quantitative estimate of drug-likeness (QED) is 0.759. The van der Waals surface area contributed by atoms with Crippen molar-refractivity contribution in [3.05, 3.63) is 18.0 Å². The molecule has 2 atom stereocenters. The van der Waals surface area contributed by atoms with Crippen LogP contribution in [0.3, 0.4) is 0 Å². The summed E-state index contributed by atoms with van der Waals surface area (Å²) < 4.78 is 2.07. The summed E-state index contributed by atoms with van der Waals surface area (Å²) >= 11 is 3.69. The number of rotatable bonds is 3. The smallest absolute Gasteiger partial charge is 0.0524 e. The van der Waals surface area contributed by atoms with E-state index in [2.05, 4.69) is 38.8 Å². The van der Waals surface area contributed by atoms with E-state index < -0.39 is 0 Å². The first kappa shape index (κ1) is 10.2. The van der Waals surface area contributed by atoms with Crippen molar-refractivity contribution in [3.8, 4) is 0 Å². The Balaban J connectivity index is 2.02. The lowest BCUT2D eigenvalue weighted by Gasteiger charge is -2.04. The molecule has 0 aliphatic heterocycles. The predicted molar refractivity (Wildman–Crippen MR) is 61.8 cm³/mol. The molecule has 1 aromatic heterocycles. The summed E-state index contributed by atoms with van der Waals surface area (Å²) in [6.07, 6.45) is 9.33. The van der Waals surface area contributed by atoms with Gasteiger partial charge in [0.1, 0.15) is 0 Å². The second-order valence-corrected chi connectivity index (χ2v) is 5.44. The molecule has 1 aliphatic rings. The Labute approximate surface area is 93.8 Å². The molecule has 78 valence electrons. The highest BCUT2D eigenvalue weighted by atomic mass is 79.9. The summed E-state index contributed by atoms with van der Waals surface area (Å²) in [5.41, 5.74) is 1.43. The summed E-state index contributed by atoms with van der Waals surface area (Å²) in [6, 6.07) is 0. The first-order valence-corrected chi connectivity index (χ1v) is 6.37. The number of hydrogen-bond donors (Lipinski definition) is 0. The molecule has 0 aromatic carbocycles. The lowest BCUT2D eigenvalue weighted by Crippen LogP contribution is -1.96. The topological polar surface area (TPSA) is 17.8 Å². The molecule has 1 heterocycles. The van der Waals surface area contributed by atoms with Gasteiger partial charge < -0.3 is 0 Å². The molecular formula is C11H17BrN2. The molecule has 0 spiro atoms. The summed E-state index contributed by atoms with van der Waals surface area (Å²) in [6.45, 7) is 3.23. The van der Waals surface area contributed by atoms with Crippen molar-refractivity contribution in [1.82, 2.24) is 9.78 Å². The lowest BCUT2D eigenvalue weighted by atomic mass is 10.0. The molecule has 14 heavy (non-hydrogen) atoms. The van der Waals surface area contributed by atoms with Gasteiger partial charge in [0, 0.05) is 17.6 Å². The van der Waals surface area contributed by atoms with Crippen LogP contribution in [0.1, 0.15) is 44.1 Å². The molecule has 1 aromatic rings. The van der Waals surface area contributed by atoms with E-state index in [1.807, 2.05) is 6.20 Å². The van der Waals surface area contributed by atoms with Crippen LogP contribution in [0.15, 0.2) is 12.4 Å². The van der Waals surface area contributed by atoms with Crippen LogP contribution >= 0.6 is 15.9 Å². The van der Waals surface area contributed by atoms with Gasteiger partial charge in [-0.3, -0.25) is 4.68 Å². The Morgan fingerprint density at radius 1 is 1.57 bits per heavy atom. The Hall–Kier alpha value is -0.310. The summed E-state index contributed by atoms with van der Waals surface area (Å²) in [5.74, 6) is 0.741. The second-order valence-electron chi connectivity index (χ2n) is 4.14. The van der Waals surface area contributed by atoms with Crippen molar-refractivity contribution in [1.29, 1.82) is 0 Å². The van der Waals surface area contributed by atoms with E-state index in [1.165, 1.54) is 24.8 Å². The number of aromatic nitrogens is 2. The molecule has 0 N–H and O–H groups in total. The minimum Gasteiger partial charge on any atom is -0.272 e. The first-order chi connectivity index (χ1) is 6.79. The minimum atomic E-state index is 0.724. The Kier molecular flexibility index (Phi) is 3.26. The average molecular weight is 257 g/mol. The van der Waals surface area contributed by atoms with Crippen LogP contribution in [0.25, 0.3) is 0 Å². The zero-order valence-electron chi connectivity index (χ0n) is 8.62. The number of hydrogen-bond acceptors (Lipinski definition) is 1. The van der Waals surface area contributed by atoms with Crippen LogP contribution in [0.4, 0.5) is 0 Å². The minimum absolute atomic E-state index is 0.724. The van der Waals surface area contributed by atoms with Crippen molar-refractivity contribution in [3.63, 3.8) is 0 Å². The molecule has 2 rings (SSSR count). The standard InChI is InChI=1S/C11H17BrN2/c1-2-5-14-8-10(7-13-14)9-3-4-11(12)6-9/h7-9,11H,2-6H2,1H3. The molecule has 0 saturated heterocycles. The van der Waals surface area contributed by atoms with E-state index in [0.29, 0.717) is 0 Å². The fourth-order valence-corrected chi connectivity index (χ4v) is 2.89. The zero-order chi connectivity index (χ0) is 9.97. The van der Waals surface area contributed by atoms with Crippen LogP contribution in [-0.2, 0) is 6.54 Å². The lowest BCUT2D eigenvalue weighted by molar-refractivity contribution is 0.601. The van der Waals surface area contributed by atoms with Gasteiger partial charge in [-0.15, -0.1) is 0 Å². The molecule has 1 fully saturated rings. The Bertz CT molecular complexity index is 295. The van der Waals surface area contributed by atoms with Crippen LogP contribution < -0.4 is 0 Å². The maximum absolute atomic E-state index is 4.38. The number of aryl methyl sites for hydroxylation is 1. The highest BCUT2D eigenvalue weighted by molar-refractivity contribution is 9.09. The predicted octanol–water partition coefficient (Wildman–Crippen LogP) is 3.32. The Morgan fingerprint density at radius 3 is 3.07 bits per heavy atom. The summed E-state index contributed by atoms with van der Waals surface area (Å²) in [5, 5.41) is 4.38. The van der Waals surface area contributed by atoms with Crippen molar-refractivity contribution < 1.29 is 0 Å². The van der Waals surface area contributed by atoms with E-state index >= 15 is 0 Å². The summed E-state index contributed by atoms with van der Waals surface area (Å²) in [7, 11) is 0. The maximum Gasteiger partial charge on any atom is 0.0524 e. The van der Waals surface area contributed by atoms with Crippen LogP contribution in [-0.4, -0.2) is 14.6 Å². The molecule has 2 nitrogen and oxygen atoms in total. The average Bonchev–Trinajstić information content (AvgIpc) is 2.74. The van der Waals surface area contributed by atoms with Gasteiger partial charge in [-0.1, -0.05) is 22.9 Å². The molecular weight excluding hydrogens is 240 g/mol. The molecule has 2 unspecified atom stereocenters. The maximum atomic E-state index is 4.38. The first-order valence-electron chi connectivity index (χ1n) is 5.46. The molecule has 1 aliphatic carbocycles. The highest BCUT2D eigenvalue weighted by Gasteiger charge is 2.24. The van der Waals surface area contributed by atoms with Crippen molar-refractivity contribution >= 4 is 15.9 Å². The number of nitrogens with zero attached hydrogens (tertiary/aromatic N) is 2. The van der Waals surface area contributed by atoms with E-state index in [-0.39, 0.29) is 0 Å². The van der Waals surface area contributed by atoms with Gasteiger partial charge in [-0.05, 0) is 37.2 Å². The third-order valence-corrected chi connectivity index (χ3v) is 3.78. The van der Waals surface area contributed by atoms with Gasteiger partial charge in [-0.25, -0.2) is 0 Å². The van der Waals surface area contributed by atoms with E-state index in [1.54, 1.807) is 0 Å². The largest absolute Gasteiger partial charge is 0.272 e. The van der Waals surface area contributed by atoms with Crippen molar-refractivity contribution in [2.24, 2.45) is 0 Å². The molecule has 0 bridgehead atoms. The monoisotopic (exact) mass is 256 g/mol. The Morgan fingerprint density at radius 2 is 2.43 bits per heavy atom. The van der Waals surface area contributed by atoms with Crippen molar-refractivity contribution in [2.75, 3.05) is 0 Å². The van der Waals surface area contributed by atoms with Crippen LogP contribution in [0, 0.1) is 0 Å². The SMILES string of the molecule is CCCn1cc(C2CCC(Br)C2)cn1. The number of alkyl halides is 1. The molecule has 0 amide bonds. The van der Waals surface area contributed by atoms with Crippen LogP contribution in [0.2, 0.25) is 0 Å². The fraction of sp³-hybridized carbons (Fsp3) is 0.727. The third kappa shape index (κ3) is 2.19. The van der Waals surface area contributed by atoms with Gasteiger partial charge in [0.25, 0.3) is 0 Å². The van der Waals surface area contributed by atoms with E-state index in [9.17, 15) is 0 Å². The van der Waals surface area contributed by atoms with Gasteiger partial charge in [-0.2, -0.15) is 5.10 Å². The molecule has 1 saturated carbocycles. The third-order valence-electron chi connectivity index (χ3n) is 2.95. The normalized spacial score (nSPS) is 27.0. The zero-order valence-corrected chi connectivity index (χ0v) is 10.2. The molecule has 3 heteroatoms.